The van der Waals surface area contributed by atoms with Crippen molar-refractivity contribution in [2.45, 2.75) is 31.6 Å². The summed E-state index contributed by atoms with van der Waals surface area (Å²) < 4.78 is 6.53. The Bertz CT molecular complexity index is 2010. The maximum Gasteiger partial charge on any atom is 0.164 e. The topological polar surface area (TPSA) is 51.8 Å². The van der Waals surface area contributed by atoms with Gasteiger partial charge in [-0.2, -0.15) is 0 Å². The highest BCUT2D eigenvalue weighted by atomic mass is 16.3. The van der Waals surface area contributed by atoms with E-state index in [1.54, 1.807) is 0 Å². The summed E-state index contributed by atoms with van der Waals surface area (Å²) in [6, 6.07) is 29.5. The SMILES string of the molecule is CC1(C)c2cccc(-c3nc(-c4ccccc4)nc(C4C=CC=CC4)n3)c2-c2ccc3c(oc4ccccc43)c21. The Morgan fingerprint density at radius 2 is 1.55 bits per heavy atom. The Kier molecular flexibility index (Phi) is 4.96. The molecule has 2 aromatic heterocycles. The fourth-order valence-electron chi connectivity index (χ4n) is 6.47. The van der Waals surface area contributed by atoms with Gasteiger partial charge in [0.1, 0.15) is 17.0 Å². The molecule has 0 amide bonds. The first kappa shape index (κ1) is 23.1. The molecule has 0 fully saturated rings. The molecule has 4 nitrogen and oxygen atoms in total. The number of allylic oxidation sites excluding steroid dienone is 4. The number of para-hydroxylation sites is 1. The van der Waals surface area contributed by atoms with Crippen LogP contribution in [0.4, 0.5) is 0 Å². The van der Waals surface area contributed by atoms with Crippen molar-refractivity contribution in [3.8, 4) is 33.9 Å². The third-order valence-corrected chi connectivity index (χ3v) is 8.42. The molecule has 1 atom stereocenters. The molecule has 0 aliphatic heterocycles. The van der Waals surface area contributed by atoms with Crippen molar-refractivity contribution in [1.29, 1.82) is 0 Å². The highest BCUT2D eigenvalue weighted by Gasteiger charge is 2.40. The van der Waals surface area contributed by atoms with Crippen molar-refractivity contribution in [2.24, 2.45) is 0 Å². The minimum Gasteiger partial charge on any atom is -0.456 e. The molecule has 4 heteroatoms. The summed E-state index contributed by atoms with van der Waals surface area (Å²) in [6.07, 6.45) is 9.39. The second kappa shape index (κ2) is 8.59. The van der Waals surface area contributed by atoms with Crippen molar-refractivity contribution in [3.63, 3.8) is 0 Å². The normalized spacial score (nSPS) is 16.9. The molecule has 0 saturated carbocycles. The van der Waals surface area contributed by atoms with Gasteiger partial charge in [-0.15, -0.1) is 0 Å². The molecule has 4 aromatic carbocycles. The highest BCUT2D eigenvalue weighted by Crippen LogP contribution is 2.55. The number of furan rings is 1. The molecule has 192 valence electrons. The van der Waals surface area contributed by atoms with Gasteiger partial charge in [-0.05, 0) is 35.2 Å². The predicted octanol–water partition coefficient (Wildman–Crippen LogP) is 9.01. The minimum atomic E-state index is -0.247. The lowest BCUT2D eigenvalue weighted by atomic mass is 9.81. The molecule has 0 spiro atoms. The first-order valence-corrected chi connectivity index (χ1v) is 13.8. The van der Waals surface area contributed by atoms with Crippen LogP contribution in [0.3, 0.4) is 0 Å². The first-order valence-electron chi connectivity index (χ1n) is 13.8. The van der Waals surface area contributed by atoms with E-state index in [1.165, 1.54) is 22.3 Å². The van der Waals surface area contributed by atoms with Gasteiger partial charge in [0.15, 0.2) is 11.6 Å². The molecule has 6 aromatic rings. The summed E-state index contributed by atoms with van der Waals surface area (Å²) in [5.74, 6) is 2.32. The quantitative estimate of drug-likeness (QED) is 0.235. The number of rotatable bonds is 3. The van der Waals surface area contributed by atoms with Crippen LogP contribution in [0.2, 0.25) is 0 Å². The van der Waals surface area contributed by atoms with Gasteiger partial charge in [0.05, 0.1) is 0 Å². The molecule has 2 aliphatic rings. The lowest BCUT2D eigenvalue weighted by Crippen LogP contribution is -2.15. The zero-order chi connectivity index (χ0) is 26.8. The van der Waals surface area contributed by atoms with Crippen LogP contribution in [0.15, 0.2) is 114 Å². The predicted molar refractivity (Wildman–Crippen MR) is 161 cm³/mol. The van der Waals surface area contributed by atoms with Crippen LogP contribution in [-0.4, -0.2) is 15.0 Å². The Labute approximate surface area is 232 Å². The van der Waals surface area contributed by atoms with Gasteiger partial charge >= 0.3 is 0 Å². The summed E-state index contributed by atoms with van der Waals surface area (Å²) in [4.78, 5) is 15.2. The van der Waals surface area contributed by atoms with Crippen LogP contribution in [0.5, 0.6) is 0 Å². The van der Waals surface area contributed by atoms with Crippen LogP contribution >= 0.6 is 0 Å². The van der Waals surface area contributed by atoms with Crippen molar-refractivity contribution in [1.82, 2.24) is 15.0 Å². The van der Waals surface area contributed by atoms with E-state index in [2.05, 4.69) is 98.8 Å². The van der Waals surface area contributed by atoms with Crippen molar-refractivity contribution >= 4 is 21.9 Å². The van der Waals surface area contributed by atoms with Crippen LogP contribution in [-0.2, 0) is 5.41 Å². The van der Waals surface area contributed by atoms with Gasteiger partial charge < -0.3 is 4.42 Å². The minimum absolute atomic E-state index is 0.116. The van der Waals surface area contributed by atoms with E-state index < -0.39 is 0 Å². The third kappa shape index (κ3) is 3.35. The number of hydrogen-bond acceptors (Lipinski definition) is 4. The Hall–Kier alpha value is -4.83. The summed E-state index contributed by atoms with van der Waals surface area (Å²) in [5.41, 5.74) is 8.50. The molecule has 0 N–H and O–H groups in total. The number of fused-ring (bicyclic) bond motifs is 7. The summed E-state index contributed by atoms with van der Waals surface area (Å²) in [5, 5.41) is 2.30. The lowest BCUT2D eigenvalue weighted by molar-refractivity contribution is 0.620. The summed E-state index contributed by atoms with van der Waals surface area (Å²) in [7, 11) is 0. The van der Waals surface area contributed by atoms with Gasteiger partial charge in [0, 0.05) is 38.8 Å². The zero-order valence-corrected chi connectivity index (χ0v) is 22.4. The van der Waals surface area contributed by atoms with E-state index in [0.29, 0.717) is 11.6 Å². The molecule has 40 heavy (non-hydrogen) atoms. The average Bonchev–Trinajstić information content (AvgIpc) is 3.50. The standard InChI is InChI=1S/C36H27N3O/c1-36(2)28-18-11-17-27(30(28)26-21-20-25-24-16-9-10-19-29(24)40-32(25)31(26)36)35-38-33(22-12-5-3-6-13-22)37-34(39-35)23-14-7-4-8-15-23/h3-14,16-21,23H,15H2,1-2H3. The summed E-state index contributed by atoms with van der Waals surface area (Å²) >= 11 is 0. The molecule has 0 bridgehead atoms. The maximum absolute atomic E-state index is 6.53. The average molecular weight is 518 g/mol. The molecule has 1 unspecified atom stereocenters. The smallest absolute Gasteiger partial charge is 0.164 e. The molecule has 2 heterocycles. The lowest BCUT2D eigenvalue weighted by Gasteiger charge is -2.21. The molecular weight excluding hydrogens is 490 g/mol. The van der Waals surface area contributed by atoms with Gasteiger partial charge in [-0.3, -0.25) is 0 Å². The van der Waals surface area contributed by atoms with Gasteiger partial charge in [0.2, 0.25) is 0 Å². The van der Waals surface area contributed by atoms with Crippen LogP contribution in [0, 0.1) is 0 Å². The van der Waals surface area contributed by atoms with E-state index in [1.807, 2.05) is 24.3 Å². The fourth-order valence-corrected chi connectivity index (χ4v) is 6.47. The van der Waals surface area contributed by atoms with Crippen LogP contribution in [0.1, 0.15) is 43.1 Å². The van der Waals surface area contributed by atoms with Gasteiger partial charge in [-0.1, -0.05) is 111 Å². The van der Waals surface area contributed by atoms with Gasteiger partial charge in [-0.25, -0.2) is 15.0 Å². The number of benzene rings is 4. The molecule has 2 aliphatic carbocycles. The van der Waals surface area contributed by atoms with E-state index in [-0.39, 0.29) is 11.3 Å². The highest BCUT2D eigenvalue weighted by molar-refractivity contribution is 6.10. The van der Waals surface area contributed by atoms with E-state index in [9.17, 15) is 0 Å². The second-order valence-corrected chi connectivity index (χ2v) is 11.2. The van der Waals surface area contributed by atoms with Crippen molar-refractivity contribution < 1.29 is 4.42 Å². The largest absolute Gasteiger partial charge is 0.456 e. The van der Waals surface area contributed by atoms with Crippen LogP contribution in [0.25, 0.3) is 55.8 Å². The van der Waals surface area contributed by atoms with Crippen LogP contribution < -0.4 is 0 Å². The van der Waals surface area contributed by atoms with Crippen molar-refractivity contribution in [2.75, 3.05) is 0 Å². The fraction of sp³-hybridized carbons (Fsp3) is 0.139. The van der Waals surface area contributed by atoms with Crippen molar-refractivity contribution in [3.05, 3.63) is 126 Å². The molecule has 8 rings (SSSR count). The molecule has 0 saturated heterocycles. The Morgan fingerprint density at radius 3 is 2.40 bits per heavy atom. The zero-order valence-electron chi connectivity index (χ0n) is 22.4. The summed E-state index contributed by atoms with van der Waals surface area (Å²) in [6.45, 7) is 4.59. The molecular formula is C36H27N3O. The third-order valence-electron chi connectivity index (χ3n) is 8.42. The van der Waals surface area contributed by atoms with Gasteiger partial charge in [0.25, 0.3) is 0 Å². The number of aromatic nitrogens is 3. The number of hydrogen-bond donors (Lipinski definition) is 0. The number of nitrogens with zero attached hydrogens (tertiary/aromatic N) is 3. The Balaban J connectivity index is 1.39. The van der Waals surface area contributed by atoms with E-state index in [0.717, 1.165) is 45.3 Å². The monoisotopic (exact) mass is 517 g/mol. The molecule has 0 radical (unpaired) electrons. The van der Waals surface area contributed by atoms with E-state index >= 15 is 0 Å². The first-order chi connectivity index (χ1) is 19.6. The maximum atomic E-state index is 6.53. The Morgan fingerprint density at radius 1 is 0.725 bits per heavy atom. The second-order valence-electron chi connectivity index (χ2n) is 11.2. The van der Waals surface area contributed by atoms with E-state index in [4.69, 9.17) is 19.4 Å².